The van der Waals surface area contributed by atoms with E-state index in [1.54, 1.807) is 11.8 Å². The summed E-state index contributed by atoms with van der Waals surface area (Å²) in [5.74, 6) is -0.0502. The van der Waals surface area contributed by atoms with E-state index in [1.165, 1.54) is 4.90 Å². The third kappa shape index (κ3) is 4.03. The summed E-state index contributed by atoms with van der Waals surface area (Å²) in [6.07, 6.45) is 2.03. The van der Waals surface area contributed by atoms with Crippen molar-refractivity contribution in [3.05, 3.63) is 54.6 Å². The minimum absolute atomic E-state index is 0.0502. The van der Waals surface area contributed by atoms with Crippen molar-refractivity contribution in [2.75, 3.05) is 16.9 Å². The summed E-state index contributed by atoms with van der Waals surface area (Å²) in [6, 6.07) is 17.2. The number of para-hydroxylation sites is 1. The Kier molecular flexibility index (Phi) is 5.07. The summed E-state index contributed by atoms with van der Waals surface area (Å²) in [5, 5.41) is 6.10. The van der Waals surface area contributed by atoms with Crippen LogP contribution in [0.1, 0.15) is 6.92 Å². The molecule has 1 unspecified atom stereocenters. The molecular weight excluding hydrogens is 268 g/mol. The van der Waals surface area contributed by atoms with Crippen LogP contribution < -0.4 is 10.6 Å². The molecule has 2 rings (SSSR count). The van der Waals surface area contributed by atoms with E-state index in [0.717, 1.165) is 11.4 Å². The summed E-state index contributed by atoms with van der Waals surface area (Å²) in [6.45, 7) is 1.85. The maximum atomic E-state index is 12.1. The molecule has 0 spiro atoms. The number of nitrogens with one attached hydrogen (secondary N) is 2. The molecule has 0 saturated carbocycles. The molecule has 2 aromatic rings. The number of rotatable bonds is 5. The molecule has 104 valence electrons. The first-order chi connectivity index (χ1) is 9.69. The van der Waals surface area contributed by atoms with Gasteiger partial charge in [-0.2, -0.15) is 0 Å². The van der Waals surface area contributed by atoms with Gasteiger partial charge in [-0.3, -0.25) is 4.79 Å². The van der Waals surface area contributed by atoms with Crippen molar-refractivity contribution < 1.29 is 4.79 Å². The Morgan fingerprint density at radius 2 is 1.75 bits per heavy atom. The lowest BCUT2D eigenvalue weighted by atomic mass is 10.2. The third-order valence-corrected chi connectivity index (χ3v) is 3.61. The van der Waals surface area contributed by atoms with Crippen molar-refractivity contribution in [1.29, 1.82) is 0 Å². The van der Waals surface area contributed by atoms with Gasteiger partial charge in [0.1, 0.15) is 6.04 Å². The van der Waals surface area contributed by atoms with Gasteiger partial charge in [-0.25, -0.2) is 0 Å². The van der Waals surface area contributed by atoms with Crippen LogP contribution in [0.3, 0.4) is 0 Å². The van der Waals surface area contributed by atoms with Gasteiger partial charge in [0.05, 0.1) is 0 Å². The van der Waals surface area contributed by atoms with Gasteiger partial charge in [-0.05, 0) is 43.5 Å². The molecule has 0 aliphatic heterocycles. The second-order valence-corrected chi connectivity index (χ2v) is 5.33. The molecule has 2 N–H and O–H groups in total. The van der Waals surface area contributed by atoms with Crippen LogP contribution in [0.5, 0.6) is 0 Å². The van der Waals surface area contributed by atoms with Crippen molar-refractivity contribution in [1.82, 2.24) is 0 Å². The second-order valence-electron chi connectivity index (χ2n) is 4.45. The Balaban J connectivity index is 1.97. The van der Waals surface area contributed by atoms with Crippen LogP contribution in [0.25, 0.3) is 0 Å². The molecule has 1 amide bonds. The van der Waals surface area contributed by atoms with Gasteiger partial charge in [-0.15, -0.1) is 11.8 Å². The molecule has 2 aromatic carbocycles. The fourth-order valence-corrected chi connectivity index (χ4v) is 2.26. The summed E-state index contributed by atoms with van der Waals surface area (Å²) < 4.78 is 0. The van der Waals surface area contributed by atoms with Crippen LogP contribution in [0.15, 0.2) is 59.5 Å². The highest BCUT2D eigenvalue weighted by atomic mass is 32.2. The Morgan fingerprint density at radius 1 is 1.05 bits per heavy atom. The first-order valence-corrected chi connectivity index (χ1v) is 7.68. The maximum absolute atomic E-state index is 12.1. The molecule has 0 radical (unpaired) electrons. The van der Waals surface area contributed by atoms with Crippen LogP contribution >= 0.6 is 11.8 Å². The molecule has 3 nitrogen and oxygen atoms in total. The van der Waals surface area contributed by atoms with Crippen LogP contribution in [-0.2, 0) is 4.79 Å². The predicted molar refractivity (Wildman–Crippen MR) is 86.4 cm³/mol. The third-order valence-electron chi connectivity index (χ3n) is 2.89. The van der Waals surface area contributed by atoms with Crippen molar-refractivity contribution in [3.63, 3.8) is 0 Å². The van der Waals surface area contributed by atoms with Gasteiger partial charge in [0.15, 0.2) is 0 Å². The summed E-state index contributed by atoms with van der Waals surface area (Å²) >= 11 is 1.68. The number of thioether (sulfide) groups is 1. The smallest absolute Gasteiger partial charge is 0.246 e. The summed E-state index contributed by atoms with van der Waals surface area (Å²) in [5.41, 5.74) is 1.76. The Morgan fingerprint density at radius 3 is 2.45 bits per heavy atom. The fraction of sp³-hybridized carbons (Fsp3) is 0.188. The van der Waals surface area contributed by atoms with E-state index in [4.69, 9.17) is 0 Å². The highest BCUT2D eigenvalue weighted by molar-refractivity contribution is 7.98. The standard InChI is InChI=1S/C16H18N2OS/c1-12(16(19)18-13-7-4-3-5-8-13)17-14-9-6-10-15(11-14)20-2/h3-12,17H,1-2H3,(H,18,19). The molecular formula is C16H18N2OS. The van der Waals surface area contributed by atoms with E-state index in [-0.39, 0.29) is 11.9 Å². The molecule has 0 fully saturated rings. The zero-order valence-electron chi connectivity index (χ0n) is 11.6. The van der Waals surface area contributed by atoms with Crippen LogP contribution in [-0.4, -0.2) is 18.2 Å². The van der Waals surface area contributed by atoms with Crippen molar-refractivity contribution in [3.8, 4) is 0 Å². The molecule has 1 atom stereocenters. The number of hydrogen-bond donors (Lipinski definition) is 2. The van der Waals surface area contributed by atoms with Gasteiger partial charge < -0.3 is 10.6 Å². The van der Waals surface area contributed by atoms with Crippen molar-refractivity contribution >= 4 is 29.0 Å². The van der Waals surface area contributed by atoms with E-state index in [9.17, 15) is 4.79 Å². The number of carbonyl (C=O) groups excluding carboxylic acids is 1. The number of amides is 1. The number of benzene rings is 2. The lowest BCUT2D eigenvalue weighted by Gasteiger charge is -2.15. The molecule has 0 aromatic heterocycles. The molecule has 20 heavy (non-hydrogen) atoms. The number of carbonyl (C=O) groups is 1. The molecule has 0 saturated heterocycles. The van der Waals surface area contributed by atoms with E-state index >= 15 is 0 Å². The average Bonchev–Trinajstić information content (AvgIpc) is 2.48. The van der Waals surface area contributed by atoms with Gasteiger partial charge in [0, 0.05) is 16.3 Å². The predicted octanol–water partition coefficient (Wildman–Crippen LogP) is 3.85. The average molecular weight is 286 g/mol. The molecule has 0 aliphatic carbocycles. The van der Waals surface area contributed by atoms with E-state index in [0.29, 0.717) is 0 Å². The minimum Gasteiger partial charge on any atom is -0.374 e. The second kappa shape index (κ2) is 7.01. The van der Waals surface area contributed by atoms with Gasteiger partial charge in [0.25, 0.3) is 0 Å². The van der Waals surface area contributed by atoms with Crippen LogP contribution in [0.4, 0.5) is 11.4 Å². The van der Waals surface area contributed by atoms with E-state index in [2.05, 4.69) is 10.6 Å². The lowest BCUT2D eigenvalue weighted by Crippen LogP contribution is -2.31. The Hall–Kier alpha value is -1.94. The Bertz CT molecular complexity index is 572. The zero-order valence-corrected chi connectivity index (χ0v) is 12.4. The molecule has 0 heterocycles. The number of hydrogen-bond acceptors (Lipinski definition) is 3. The zero-order chi connectivity index (χ0) is 14.4. The fourth-order valence-electron chi connectivity index (χ4n) is 1.80. The highest BCUT2D eigenvalue weighted by Crippen LogP contribution is 2.19. The largest absolute Gasteiger partial charge is 0.374 e. The van der Waals surface area contributed by atoms with Crippen molar-refractivity contribution in [2.24, 2.45) is 0 Å². The molecule has 0 bridgehead atoms. The summed E-state index contributed by atoms with van der Waals surface area (Å²) in [7, 11) is 0. The highest BCUT2D eigenvalue weighted by Gasteiger charge is 2.12. The van der Waals surface area contributed by atoms with Gasteiger partial charge in [-0.1, -0.05) is 24.3 Å². The van der Waals surface area contributed by atoms with Gasteiger partial charge in [0.2, 0.25) is 5.91 Å². The Labute approximate surface area is 123 Å². The molecule has 0 aliphatic rings. The minimum atomic E-state index is -0.299. The SMILES string of the molecule is CSc1cccc(NC(C)C(=O)Nc2ccccc2)c1. The topological polar surface area (TPSA) is 41.1 Å². The van der Waals surface area contributed by atoms with Crippen LogP contribution in [0, 0.1) is 0 Å². The number of anilines is 2. The monoisotopic (exact) mass is 286 g/mol. The van der Waals surface area contributed by atoms with Crippen molar-refractivity contribution in [2.45, 2.75) is 17.9 Å². The first-order valence-electron chi connectivity index (χ1n) is 6.45. The normalized spacial score (nSPS) is 11.7. The van der Waals surface area contributed by atoms with E-state index in [1.807, 2.05) is 67.8 Å². The summed E-state index contributed by atoms with van der Waals surface area (Å²) in [4.78, 5) is 13.3. The van der Waals surface area contributed by atoms with E-state index < -0.39 is 0 Å². The van der Waals surface area contributed by atoms with Gasteiger partial charge >= 0.3 is 0 Å². The molecule has 4 heteroatoms. The lowest BCUT2D eigenvalue weighted by molar-refractivity contribution is -0.116. The first kappa shape index (κ1) is 14.5. The van der Waals surface area contributed by atoms with Crippen LogP contribution in [0.2, 0.25) is 0 Å². The maximum Gasteiger partial charge on any atom is 0.246 e. The quantitative estimate of drug-likeness (QED) is 0.820.